The van der Waals surface area contributed by atoms with Crippen molar-refractivity contribution in [1.82, 2.24) is 0 Å². The van der Waals surface area contributed by atoms with Gasteiger partial charge >= 0.3 is 0 Å². The Morgan fingerprint density at radius 2 is 0.886 bits per heavy atom. The van der Waals surface area contributed by atoms with Crippen molar-refractivity contribution in [2.45, 2.75) is 58.3 Å². The smallest absolute Gasteiger partial charge is 0.228 e. The fourth-order valence-corrected chi connectivity index (χ4v) is 10.6. The first-order chi connectivity index (χ1) is 21.1. The SMILES string of the molecule is CC1=C(OCCCCCCCCCC[P+](c2ccccc2)(c2ccccc2)c2ccccc2)C(=O)c2ccccc2C1=O.[Br-]. The number of fused-ring (bicyclic) bond motifs is 1. The highest BCUT2D eigenvalue weighted by molar-refractivity contribution is 7.95. The lowest BCUT2D eigenvalue weighted by atomic mass is 9.89. The normalized spacial score (nSPS) is 12.9. The predicted octanol–water partition coefficient (Wildman–Crippen LogP) is 5.48. The molecule has 1 aliphatic carbocycles. The third-order valence-corrected chi connectivity index (χ3v) is 13.1. The van der Waals surface area contributed by atoms with Gasteiger partial charge in [0.1, 0.15) is 23.2 Å². The molecular weight excluding hydrogens is 627 g/mol. The summed E-state index contributed by atoms with van der Waals surface area (Å²) in [5, 5.41) is 4.39. The lowest BCUT2D eigenvalue weighted by Gasteiger charge is -2.27. The van der Waals surface area contributed by atoms with Crippen LogP contribution in [0.4, 0.5) is 0 Å². The second-order valence-electron chi connectivity index (χ2n) is 11.4. The molecule has 44 heavy (non-hydrogen) atoms. The number of carbonyl (C=O) groups excluding carboxylic acids is 2. The standard InChI is InChI=1S/C39H42O3P.BrH/c1-31-37(40)35-27-17-18-28-36(35)38(41)39(31)42-29-19-6-4-2-3-5-7-20-30-43(32-21-11-8-12-22-32,33-23-13-9-14-24-33)34-25-15-10-16-26-34;/h8-18,21-28H,2-7,19-20,29-30H2,1H3;1H/q+1;/p-1. The van der Waals surface area contributed by atoms with Crippen molar-refractivity contribution in [2.24, 2.45) is 0 Å². The summed E-state index contributed by atoms with van der Waals surface area (Å²) in [4.78, 5) is 25.5. The highest BCUT2D eigenvalue weighted by atomic mass is 79.9. The van der Waals surface area contributed by atoms with E-state index in [1.165, 1.54) is 54.2 Å². The van der Waals surface area contributed by atoms with Gasteiger partial charge < -0.3 is 21.7 Å². The van der Waals surface area contributed by atoms with Gasteiger partial charge in [0.05, 0.1) is 12.8 Å². The molecule has 0 radical (unpaired) electrons. The van der Waals surface area contributed by atoms with Crippen LogP contribution in [0.3, 0.4) is 0 Å². The van der Waals surface area contributed by atoms with Crippen molar-refractivity contribution < 1.29 is 31.3 Å². The zero-order valence-corrected chi connectivity index (χ0v) is 28.1. The summed E-state index contributed by atoms with van der Waals surface area (Å²) >= 11 is 0. The molecule has 4 aromatic carbocycles. The lowest BCUT2D eigenvalue weighted by Crippen LogP contribution is -3.00. The Bertz CT molecular complexity index is 1440. The molecule has 0 heterocycles. The minimum absolute atomic E-state index is 0. The summed E-state index contributed by atoms with van der Waals surface area (Å²) in [6.07, 6.45) is 10.4. The van der Waals surface area contributed by atoms with Crippen LogP contribution in [0.25, 0.3) is 0 Å². The van der Waals surface area contributed by atoms with Gasteiger partial charge in [-0.2, -0.15) is 0 Å². The fraction of sp³-hybridized carbons (Fsp3) is 0.282. The predicted molar refractivity (Wildman–Crippen MR) is 181 cm³/mol. The second kappa shape index (κ2) is 16.7. The van der Waals surface area contributed by atoms with Gasteiger partial charge in [-0.1, -0.05) is 111 Å². The van der Waals surface area contributed by atoms with Gasteiger partial charge in [0, 0.05) is 16.7 Å². The van der Waals surface area contributed by atoms with Crippen molar-refractivity contribution >= 4 is 34.7 Å². The van der Waals surface area contributed by atoms with E-state index in [2.05, 4.69) is 91.0 Å². The fourth-order valence-electron chi connectivity index (χ4n) is 6.22. The van der Waals surface area contributed by atoms with Crippen LogP contribution in [0.5, 0.6) is 0 Å². The number of Topliss-reactive ketones (excluding diaryl/α,β-unsaturated/α-hetero) is 2. The summed E-state index contributed by atoms with van der Waals surface area (Å²) in [6, 6.07) is 40.4. The van der Waals surface area contributed by atoms with Crippen molar-refractivity contribution in [3.05, 3.63) is 138 Å². The minimum Gasteiger partial charge on any atom is -1.00 e. The Labute approximate surface area is 273 Å². The molecule has 0 fully saturated rings. The van der Waals surface area contributed by atoms with E-state index in [0.717, 1.165) is 19.3 Å². The van der Waals surface area contributed by atoms with E-state index >= 15 is 0 Å². The third kappa shape index (κ3) is 7.65. The molecule has 0 bridgehead atoms. The zero-order valence-electron chi connectivity index (χ0n) is 25.6. The maximum Gasteiger partial charge on any atom is 0.228 e. The molecule has 3 nitrogen and oxygen atoms in total. The quantitative estimate of drug-likeness (QED) is 0.125. The van der Waals surface area contributed by atoms with E-state index in [4.69, 9.17) is 4.74 Å². The molecule has 0 aliphatic heterocycles. The summed E-state index contributed by atoms with van der Waals surface area (Å²) in [7, 11) is -1.73. The van der Waals surface area contributed by atoms with Crippen LogP contribution < -0.4 is 32.9 Å². The first-order valence-electron chi connectivity index (χ1n) is 15.7. The zero-order chi connectivity index (χ0) is 29.9. The Kier molecular flexibility index (Phi) is 12.7. The number of ketones is 2. The first kappa shape index (κ1) is 33.6. The Morgan fingerprint density at radius 1 is 0.500 bits per heavy atom. The topological polar surface area (TPSA) is 43.4 Å². The van der Waals surface area contributed by atoms with Gasteiger partial charge in [-0.3, -0.25) is 9.59 Å². The maximum atomic E-state index is 12.8. The van der Waals surface area contributed by atoms with E-state index in [1.54, 1.807) is 31.2 Å². The number of halogens is 1. The van der Waals surface area contributed by atoms with Crippen LogP contribution in [0.15, 0.2) is 127 Å². The maximum absolute atomic E-state index is 12.8. The van der Waals surface area contributed by atoms with E-state index in [1.807, 2.05) is 0 Å². The molecule has 0 saturated heterocycles. The molecule has 0 aromatic heterocycles. The number of rotatable bonds is 15. The number of benzene rings is 4. The van der Waals surface area contributed by atoms with Gasteiger partial charge in [-0.05, 0) is 62.6 Å². The second-order valence-corrected chi connectivity index (χ2v) is 15.0. The van der Waals surface area contributed by atoms with E-state index in [9.17, 15) is 9.59 Å². The monoisotopic (exact) mass is 668 g/mol. The number of ether oxygens (including phenoxy) is 1. The Morgan fingerprint density at radius 3 is 1.36 bits per heavy atom. The molecule has 4 aromatic rings. The van der Waals surface area contributed by atoms with Gasteiger partial charge in [0.2, 0.25) is 5.78 Å². The number of hydrogen-bond acceptors (Lipinski definition) is 3. The number of unbranched alkanes of at least 4 members (excludes halogenated alkanes) is 7. The molecule has 0 unspecified atom stereocenters. The highest BCUT2D eigenvalue weighted by Crippen LogP contribution is 2.56. The van der Waals surface area contributed by atoms with Gasteiger partial charge in [0.25, 0.3) is 0 Å². The third-order valence-electron chi connectivity index (χ3n) is 8.53. The first-order valence-corrected chi connectivity index (χ1v) is 17.7. The number of hydrogen-bond donors (Lipinski definition) is 0. The molecule has 0 spiro atoms. The largest absolute Gasteiger partial charge is 1.00 e. The molecular formula is C39H42BrO3P. The van der Waals surface area contributed by atoms with Gasteiger partial charge in [-0.15, -0.1) is 0 Å². The van der Waals surface area contributed by atoms with Crippen molar-refractivity contribution in [2.75, 3.05) is 12.8 Å². The summed E-state index contributed by atoms with van der Waals surface area (Å²) in [5.74, 6) is -0.0593. The van der Waals surface area contributed by atoms with E-state index in [0.29, 0.717) is 23.3 Å². The number of carbonyl (C=O) groups is 2. The Balaban J connectivity index is 0.00000442. The molecule has 0 N–H and O–H groups in total. The van der Waals surface area contributed by atoms with E-state index in [-0.39, 0.29) is 34.3 Å². The lowest BCUT2D eigenvalue weighted by molar-refractivity contribution is -0.0000224. The molecule has 5 rings (SSSR count). The summed E-state index contributed by atoms with van der Waals surface area (Å²) in [5.41, 5.74) is 1.34. The van der Waals surface area contributed by atoms with Crippen LogP contribution in [-0.4, -0.2) is 24.3 Å². The average Bonchev–Trinajstić information content (AvgIpc) is 3.07. The molecule has 0 atom stereocenters. The van der Waals surface area contributed by atoms with Crippen LogP contribution in [-0.2, 0) is 4.74 Å². The van der Waals surface area contributed by atoms with Crippen molar-refractivity contribution in [1.29, 1.82) is 0 Å². The van der Waals surface area contributed by atoms with Crippen molar-refractivity contribution in [3.8, 4) is 0 Å². The molecule has 1 aliphatic rings. The van der Waals surface area contributed by atoms with Crippen LogP contribution in [0.2, 0.25) is 0 Å². The van der Waals surface area contributed by atoms with Gasteiger partial charge in [0.15, 0.2) is 11.5 Å². The summed E-state index contributed by atoms with van der Waals surface area (Å²) < 4.78 is 5.85. The highest BCUT2D eigenvalue weighted by Gasteiger charge is 2.44. The molecule has 0 saturated carbocycles. The average molecular weight is 670 g/mol. The number of allylic oxidation sites excluding steroid dienone is 2. The Hall–Kier alpha value is -3.33. The van der Waals surface area contributed by atoms with Crippen LogP contribution in [0, 0.1) is 0 Å². The molecule has 228 valence electrons. The van der Waals surface area contributed by atoms with Crippen molar-refractivity contribution in [3.63, 3.8) is 0 Å². The minimum atomic E-state index is -1.73. The molecule has 5 heteroatoms. The van der Waals surface area contributed by atoms with Crippen LogP contribution >= 0.6 is 7.26 Å². The van der Waals surface area contributed by atoms with E-state index < -0.39 is 7.26 Å². The molecule has 0 amide bonds. The van der Waals surface area contributed by atoms with Crippen LogP contribution in [0.1, 0.15) is 79.0 Å². The summed E-state index contributed by atoms with van der Waals surface area (Å²) in [6.45, 7) is 2.16. The van der Waals surface area contributed by atoms with Gasteiger partial charge in [-0.25, -0.2) is 0 Å².